The Morgan fingerprint density at radius 1 is 1.19 bits per heavy atom. The zero-order valence-corrected chi connectivity index (χ0v) is 12.1. The number of amides is 1. The molecule has 5 heteroatoms. The number of halogens is 1. The van der Waals surface area contributed by atoms with Crippen LogP contribution in [0, 0.1) is 0 Å². The summed E-state index contributed by atoms with van der Waals surface area (Å²) in [5.74, 6) is 0.133. The van der Waals surface area contributed by atoms with Gasteiger partial charge in [-0.25, -0.2) is 0 Å². The van der Waals surface area contributed by atoms with Crippen LogP contribution in [-0.4, -0.2) is 24.2 Å². The molecule has 2 aromatic rings. The van der Waals surface area contributed by atoms with E-state index in [1.807, 2.05) is 30.3 Å². The molecule has 21 heavy (non-hydrogen) atoms. The van der Waals surface area contributed by atoms with E-state index in [2.05, 4.69) is 5.32 Å². The van der Waals surface area contributed by atoms with E-state index in [4.69, 9.17) is 21.4 Å². The summed E-state index contributed by atoms with van der Waals surface area (Å²) in [7, 11) is 0. The summed E-state index contributed by atoms with van der Waals surface area (Å²) < 4.78 is 5.70. The van der Waals surface area contributed by atoms with Gasteiger partial charge in [0.15, 0.2) is 0 Å². The number of carbonyl (C=O) groups is 1. The Morgan fingerprint density at radius 2 is 1.95 bits per heavy atom. The zero-order valence-electron chi connectivity index (χ0n) is 11.4. The van der Waals surface area contributed by atoms with Gasteiger partial charge in [0.05, 0.1) is 12.2 Å². The van der Waals surface area contributed by atoms with Crippen molar-refractivity contribution in [1.29, 1.82) is 0 Å². The molecule has 4 nitrogen and oxygen atoms in total. The number of rotatable bonds is 6. The molecule has 110 valence electrons. The van der Waals surface area contributed by atoms with E-state index in [-0.39, 0.29) is 19.1 Å². The maximum absolute atomic E-state index is 12.0. The first-order valence-electron chi connectivity index (χ1n) is 6.56. The lowest BCUT2D eigenvalue weighted by atomic mass is 10.2. The van der Waals surface area contributed by atoms with E-state index < -0.39 is 0 Å². The van der Waals surface area contributed by atoms with Crippen LogP contribution >= 0.6 is 11.6 Å². The monoisotopic (exact) mass is 305 g/mol. The quantitative estimate of drug-likeness (QED) is 0.862. The van der Waals surface area contributed by atoms with Gasteiger partial charge in [0.2, 0.25) is 0 Å². The second-order valence-electron chi connectivity index (χ2n) is 4.39. The lowest BCUT2D eigenvalue weighted by Crippen LogP contribution is -2.26. The van der Waals surface area contributed by atoms with Crippen LogP contribution in [0.15, 0.2) is 48.5 Å². The molecule has 0 bridgehead atoms. The summed E-state index contributed by atoms with van der Waals surface area (Å²) in [4.78, 5) is 12.0. The number of aliphatic hydroxyl groups excluding tert-OH is 1. The largest absolute Gasteiger partial charge is 0.488 e. The van der Waals surface area contributed by atoms with Crippen LogP contribution in [0.4, 0.5) is 0 Å². The third-order valence-electron chi connectivity index (χ3n) is 2.82. The molecule has 2 N–H and O–H groups in total. The van der Waals surface area contributed by atoms with Crippen LogP contribution in [0.1, 0.15) is 15.9 Å². The predicted octanol–water partition coefficient (Wildman–Crippen LogP) is 2.64. The number of aliphatic hydroxyl groups is 1. The molecule has 0 saturated heterocycles. The van der Waals surface area contributed by atoms with Gasteiger partial charge in [0, 0.05) is 11.6 Å². The van der Waals surface area contributed by atoms with Crippen molar-refractivity contribution in [1.82, 2.24) is 5.32 Å². The molecule has 0 radical (unpaired) electrons. The smallest absolute Gasteiger partial charge is 0.255 e. The molecule has 2 rings (SSSR count). The highest BCUT2D eigenvalue weighted by Crippen LogP contribution is 2.23. The minimum atomic E-state index is -0.324. The van der Waals surface area contributed by atoms with E-state index in [1.54, 1.807) is 18.2 Å². The second-order valence-corrected chi connectivity index (χ2v) is 4.83. The highest BCUT2D eigenvalue weighted by molar-refractivity contribution is 6.31. The van der Waals surface area contributed by atoms with Crippen molar-refractivity contribution in [2.45, 2.75) is 6.61 Å². The third-order valence-corrected chi connectivity index (χ3v) is 3.06. The first-order chi connectivity index (χ1) is 10.2. The lowest BCUT2D eigenvalue weighted by molar-refractivity contribution is 0.0940. The summed E-state index contributed by atoms with van der Waals surface area (Å²) in [6.07, 6.45) is 0. The second kappa shape index (κ2) is 7.67. The topological polar surface area (TPSA) is 58.6 Å². The molecule has 0 fully saturated rings. The predicted molar refractivity (Wildman–Crippen MR) is 81.6 cm³/mol. The summed E-state index contributed by atoms with van der Waals surface area (Å²) in [5, 5.41) is 11.8. The van der Waals surface area contributed by atoms with Gasteiger partial charge in [0.25, 0.3) is 5.91 Å². The van der Waals surface area contributed by atoms with Crippen LogP contribution < -0.4 is 10.1 Å². The van der Waals surface area contributed by atoms with Crippen molar-refractivity contribution in [2.75, 3.05) is 13.2 Å². The first kappa shape index (κ1) is 15.4. The van der Waals surface area contributed by atoms with E-state index >= 15 is 0 Å². The summed E-state index contributed by atoms with van der Waals surface area (Å²) in [6, 6.07) is 14.6. The highest BCUT2D eigenvalue weighted by atomic mass is 35.5. The fourth-order valence-corrected chi connectivity index (χ4v) is 1.98. The fraction of sp³-hybridized carbons (Fsp3) is 0.188. The normalized spacial score (nSPS) is 10.2. The Balaban J connectivity index is 2.13. The van der Waals surface area contributed by atoms with Gasteiger partial charge in [-0.1, -0.05) is 41.9 Å². The van der Waals surface area contributed by atoms with Gasteiger partial charge >= 0.3 is 0 Å². The Kier molecular flexibility index (Phi) is 5.60. The molecule has 0 aliphatic heterocycles. The minimum Gasteiger partial charge on any atom is -0.488 e. The van der Waals surface area contributed by atoms with E-state index in [0.29, 0.717) is 22.9 Å². The van der Waals surface area contributed by atoms with Crippen LogP contribution in [0.25, 0.3) is 0 Å². The van der Waals surface area contributed by atoms with Crippen molar-refractivity contribution in [3.8, 4) is 5.75 Å². The average molecular weight is 306 g/mol. The number of hydrogen-bond acceptors (Lipinski definition) is 3. The van der Waals surface area contributed by atoms with Gasteiger partial charge in [0.1, 0.15) is 12.4 Å². The van der Waals surface area contributed by atoms with Crippen molar-refractivity contribution in [2.24, 2.45) is 0 Å². The van der Waals surface area contributed by atoms with Crippen molar-refractivity contribution >= 4 is 17.5 Å². The van der Waals surface area contributed by atoms with Gasteiger partial charge < -0.3 is 15.2 Å². The third kappa shape index (κ3) is 4.48. The highest BCUT2D eigenvalue weighted by Gasteiger charge is 2.13. The van der Waals surface area contributed by atoms with Gasteiger partial charge in [-0.3, -0.25) is 4.79 Å². The average Bonchev–Trinajstić information content (AvgIpc) is 2.52. The fourth-order valence-electron chi connectivity index (χ4n) is 1.81. The number of hydrogen-bond donors (Lipinski definition) is 2. The van der Waals surface area contributed by atoms with Gasteiger partial charge in [-0.2, -0.15) is 0 Å². The Bertz CT molecular complexity index is 602. The molecule has 0 saturated carbocycles. The van der Waals surface area contributed by atoms with Crippen molar-refractivity contribution in [3.05, 3.63) is 64.7 Å². The maximum atomic E-state index is 12.0. The van der Waals surface area contributed by atoms with Crippen LogP contribution in [0.3, 0.4) is 0 Å². The molecule has 2 aromatic carbocycles. The van der Waals surface area contributed by atoms with E-state index in [9.17, 15) is 4.79 Å². The summed E-state index contributed by atoms with van der Waals surface area (Å²) in [6.45, 7) is 0.429. The number of nitrogens with one attached hydrogen (secondary N) is 1. The zero-order chi connectivity index (χ0) is 15.1. The van der Waals surface area contributed by atoms with E-state index in [1.165, 1.54) is 0 Å². The lowest BCUT2D eigenvalue weighted by Gasteiger charge is -2.12. The number of benzene rings is 2. The Labute approximate surface area is 128 Å². The molecule has 0 aliphatic carbocycles. The molecule has 0 heterocycles. The SMILES string of the molecule is O=C(NCCO)c1cc(Cl)ccc1OCc1ccccc1. The first-order valence-corrected chi connectivity index (χ1v) is 6.94. The van der Waals surface area contributed by atoms with Crippen molar-refractivity contribution in [3.63, 3.8) is 0 Å². The van der Waals surface area contributed by atoms with E-state index in [0.717, 1.165) is 5.56 Å². The standard InChI is InChI=1S/C16H16ClNO3/c17-13-6-7-15(14(10-13)16(20)18-8-9-19)21-11-12-4-2-1-3-5-12/h1-7,10,19H,8-9,11H2,(H,18,20). The van der Waals surface area contributed by atoms with Gasteiger partial charge in [-0.05, 0) is 23.8 Å². The molecule has 0 unspecified atom stereocenters. The van der Waals surface area contributed by atoms with Gasteiger partial charge in [-0.15, -0.1) is 0 Å². The summed E-state index contributed by atoms with van der Waals surface area (Å²) in [5.41, 5.74) is 1.36. The van der Waals surface area contributed by atoms with Crippen LogP contribution in [0.2, 0.25) is 5.02 Å². The Hall–Kier alpha value is -2.04. The molecule has 1 amide bonds. The Morgan fingerprint density at radius 3 is 2.67 bits per heavy atom. The molecular weight excluding hydrogens is 290 g/mol. The molecule has 0 aromatic heterocycles. The molecule has 0 atom stereocenters. The number of ether oxygens (including phenoxy) is 1. The minimum absolute atomic E-state index is 0.119. The number of carbonyl (C=O) groups excluding carboxylic acids is 1. The van der Waals surface area contributed by atoms with Crippen molar-refractivity contribution < 1.29 is 14.6 Å². The summed E-state index contributed by atoms with van der Waals surface area (Å²) >= 11 is 5.93. The van der Waals surface area contributed by atoms with Crippen LogP contribution in [0.5, 0.6) is 5.75 Å². The maximum Gasteiger partial charge on any atom is 0.255 e. The van der Waals surface area contributed by atoms with Crippen LogP contribution in [-0.2, 0) is 6.61 Å². The molecule has 0 spiro atoms. The molecular formula is C16H16ClNO3. The molecule has 0 aliphatic rings.